The molecule has 3 aromatic rings. The van der Waals surface area contributed by atoms with Gasteiger partial charge in [-0.2, -0.15) is 0 Å². The molecule has 0 aromatic heterocycles. The zero-order valence-electron chi connectivity index (χ0n) is 14.7. The SMILES string of the molecule is O=C(Nc1cccc(C(=O)O)c1Br)OCC1c2ccccc2-c2ccccc21. The number of rotatable bonds is 4. The minimum absolute atomic E-state index is 0.0352. The van der Waals surface area contributed by atoms with E-state index in [1.54, 1.807) is 12.1 Å². The zero-order valence-corrected chi connectivity index (χ0v) is 16.3. The standard InChI is InChI=1S/C22H16BrNO4/c23-20-17(21(25)26)10-5-11-19(20)24-22(27)28-12-18-15-8-3-1-6-13(15)14-7-2-4-9-16(14)18/h1-11,18H,12H2,(H,24,27)(H,25,26). The maximum atomic E-state index is 12.3. The van der Waals surface area contributed by atoms with Crippen LogP contribution in [0.25, 0.3) is 11.1 Å². The van der Waals surface area contributed by atoms with Gasteiger partial charge in [0.25, 0.3) is 0 Å². The number of carbonyl (C=O) groups excluding carboxylic acids is 1. The average Bonchev–Trinajstić information content (AvgIpc) is 3.02. The van der Waals surface area contributed by atoms with Crippen molar-refractivity contribution < 1.29 is 19.4 Å². The number of hydrogen-bond acceptors (Lipinski definition) is 3. The molecule has 1 aliphatic carbocycles. The highest BCUT2D eigenvalue weighted by Crippen LogP contribution is 2.44. The normalized spacial score (nSPS) is 12.2. The molecule has 0 fully saturated rings. The van der Waals surface area contributed by atoms with Gasteiger partial charge in [-0.05, 0) is 50.3 Å². The lowest BCUT2D eigenvalue weighted by atomic mass is 9.98. The van der Waals surface area contributed by atoms with E-state index in [1.807, 2.05) is 36.4 Å². The summed E-state index contributed by atoms with van der Waals surface area (Å²) < 4.78 is 5.78. The molecule has 0 radical (unpaired) electrons. The molecule has 0 unspecified atom stereocenters. The first-order valence-electron chi connectivity index (χ1n) is 8.70. The van der Waals surface area contributed by atoms with Crippen molar-refractivity contribution in [3.8, 4) is 11.1 Å². The molecule has 0 bridgehead atoms. The van der Waals surface area contributed by atoms with E-state index in [1.165, 1.54) is 6.07 Å². The summed E-state index contributed by atoms with van der Waals surface area (Å²) in [6.07, 6.45) is -0.634. The first-order valence-corrected chi connectivity index (χ1v) is 9.49. The largest absolute Gasteiger partial charge is 0.478 e. The molecule has 0 saturated heterocycles. The van der Waals surface area contributed by atoms with Gasteiger partial charge in [0.2, 0.25) is 0 Å². The van der Waals surface area contributed by atoms with E-state index in [-0.39, 0.29) is 18.1 Å². The molecule has 4 rings (SSSR count). The van der Waals surface area contributed by atoms with Gasteiger partial charge in [0.1, 0.15) is 6.61 Å². The molecule has 0 saturated carbocycles. The van der Waals surface area contributed by atoms with Crippen LogP contribution in [0.5, 0.6) is 0 Å². The Labute approximate surface area is 170 Å². The fraction of sp³-hybridized carbons (Fsp3) is 0.0909. The van der Waals surface area contributed by atoms with Gasteiger partial charge in [0, 0.05) is 5.92 Å². The number of benzene rings is 3. The Hall–Kier alpha value is -3.12. The topological polar surface area (TPSA) is 75.6 Å². The van der Waals surface area contributed by atoms with E-state index in [4.69, 9.17) is 4.74 Å². The Kier molecular flexibility index (Phi) is 4.88. The van der Waals surface area contributed by atoms with Crippen LogP contribution in [0.4, 0.5) is 10.5 Å². The van der Waals surface area contributed by atoms with E-state index < -0.39 is 12.1 Å². The van der Waals surface area contributed by atoms with Gasteiger partial charge >= 0.3 is 12.1 Å². The summed E-state index contributed by atoms with van der Waals surface area (Å²) in [4.78, 5) is 23.5. The smallest absolute Gasteiger partial charge is 0.411 e. The number of hydrogen-bond donors (Lipinski definition) is 2. The van der Waals surface area contributed by atoms with Gasteiger partial charge in [0.15, 0.2) is 0 Å². The number of carbonyl (C=O) groups is 2. The minimum atomic E-state index is -1.08. The molecular formula is C22H16BrNO4. The molecule has 0 atom stereocenters. The summed E-state index contributed by atoms with van der Waals surface area (Å²) in [7, 11) is 0. The van der Waals surface area contributed by atoms with E-state index in [0.717, 1.165) is 22.3 Å². The van der Waals surface area contributed by atoms with Crippen molar-refractivity contribution in [3.63, 3.8) is 0 Å². The summed E-state index contributed by atoms with van der Waals surface area (Å²) in [5.41, 5.74) is 4.98. The molecule has 2 N–H and O–H groups in total. The van der Waals surface area contributed by atoms with E-state index in [9.17, 15) is 14.7 Å². The average molecular weight is 438 g/mol. The maximum absolute atomic E-state index is 12.3. The lowest BCUT2D eigenvalue weighted by molar-refractivity contribution is 0.0695. The van der Waals surface area contributed by atoms with Crippen LogP contribution in [0, 0.1) is 0 Å². The Balaban J connectivity index is 1.50. The number of nitrogens with one attached hydrogen (secondary N) is 1. The summed E-state index contributed by atoms with van der Waals surface area (Å²) in [6.45, 7) is 0.191. The molecule has 6 heteroatoms. The molecule has 0 aliphatic heterocycles. The van der Waals surface area contributed by atoms with Gasteiger partial charge in [-0.1, -0.05) is 54.6 Å². The third-order valence-corrected chi connectivity index (χ3v) is 5.66. The maximum Gasteiger partial charge on any atom is 0.411 e. The predicted molar refractivity (Wildman–Crippen MR) is 110 cm³/mol. The monoisotopic (exact) mass is 437 g/mol. The molecule has 0 spiro atoms. The van der Waals surface area contributed by atoms with Gasteiger partial charge in [-0.25, -0.2) is 9.59 Å². The number of aromatic carboxylic acids is 1. The summed E-state index contributed by atoms with van der Waals surface area (Å²) in [6, 6.07) is 20.8. The van der Waals surface area contributed by atoms with E-state index in [2.05, 4.69) is 33.4 Å². The molecule has 28 heavy (non-hydrogen) atoms. The predicted octanol–water partition coefficient (Wildman–Crippen LogP) is 5.51. The van der Waals surface area contributed by atoms with Crippen LogP contribution in [0.2, 0.25) is 0 Å². The Morgan fingerprint density at radius 2 is 1.54 bits per heavy atom. The molecule has 0 heterocycles. The van der Waals surface area contributed by atoms with Crippen molar-refractivity contribution in [1.29, 1.82) is 0 Å². The Morgan fingerprint density at radius 3 is 2.14 bits per heavy atom. The number of carboxylic acids is 1. The Bertz CT molecular complexity index is 1030. The highest BCUT2D eigenvalue weighted by atomic mass is 79.9. The van der Waals surface area contributed by atoms with Gasteiger partial charge in [-0.3, -0.25) is 5.32 Å². The van der Waals surface area contributed by atoms with Crippen molar-refractivity contribution in [3.05, 3.63) is 87.9 Å². The van der Waals surface area contributed by atoms with Crippen LogP contribution in [-0.2, 0) is 4.74 Å². The van der Waals surface area contributed by atoms with Crippen LogP contribution in [0.1, 0.15) is 27.4 Å². The summed E-state index contributed by atoms with van der Waals surface area (Å²) in [5.74, 6) is -1.12. The van der Waals surface area contributed by atoms with Crippen LogP contribution < -0.4 is 5.32 Å². The fourth-order valence-electron chi connectivity index (χ4n) is 3.54. The number of carboxylic acid groups (broad SMARTS) is 1. The van der Waals surface area contributed by atoms with Crippen LogP contribution >= 0.6 is 15.9 Å². The number of anilines is 1. The highest BCUT2D eigenvalue weighted by Gasteiger charge is 2.29. The quantitative estimate of drug-likeness (QED) is 0.564. The molecule has 1 aliphatic rings. The van der Waals surface area contributed by atoms with Crippen molar-refractivity contribution in [2.75, 3.05) is 11.9 Å². The lowest BCUT2D eigenvalue weighted by Crippen LogP contribution is -2.18. The number of halogens is 1. The molecule has 5 nitrogen and oxygen atoms in total. The zero-order chi connectivity index (χ0) is 19.7. The first-order chi connectivity index (χ1) is 13.6. The van der Waals surface area contributed by atoms with Crippen molar-refractivity contribution in [2.24, 2.45) is 0 Å². The van der Waals surface area contributed by atoms with Crippen molar-refractivity contribution in [1.82, 2.24) is 0 Å². The molecule has 3 aromatic carbocycles. The second-order valence-electron chi connectivity index (χ2n) is 6.42. The van der Waals surface area contributed by atoms with Gasteiger partial charge in [-0.15, -0.1) is 0 Å². The molecule has 140 valence electrons. The van der Waals surface area contributed by atoms with Crippen LogP contribution in [0.15, 0.2) is 71.2 Å². The van der Waals surface area contributed by atoms with Gasteiger partial charge < -0.3 is 9.84 Å². The molecule has 1 amide bonds. The van der Waals surface area contributed by atoms with E-state index >= 15 is 0 Å². The number of fused-ring (bicyclic) bond motifs is 3. The van der Waals surface area contributed by atoms with Crippen molar-refractivity contribution in [2.45, 2.75) is 5.92 Å². The summed E-state index contributed by atoms with van der Waals surface area (Å²) in [5, 5.41) is 11.8. The third kappa shape index (κ3) is 3.27. The minimum Gasteiger partial charge on any atom is -0.478 e. The van der Waals surface area contributed by atoms with Crippen LogP contribution in [-0.4, -0.2) is 23.8 Å². The fourth-order valence-corrected chi connectivity index (χ4v) is 4.07. The number of ether oxygens (including phenoxy) is 1. The van der Waals surface area contributed by atoms with Crippen molar-refractivity contribution >= 4 is 33.7 Å². The first kappa shape index (κ1) is 18.3. The highest BCUT2D eigenvalue weighted by molar-refractivity contribution is 9.10. The summed E-state index contributed by atoms with van der Waals surface area (Å²) >= 11 is 3.22. The molecular weight excluding hydrogens is 422 g/mol. The number of amides is 1. The van der Waals surface area contributed by atoms with Gasteiger partial charge in [0.05, 0.1) is 15.7 Å². The second kappa shape index (κ2) is 7.48. The van der Waals surface area contributed by atoms with Crippen LogP contribution in [0.3, 0.4) is 0 Å². The Morgan fingerprint density at radius 1 is 0.929 bits per heavy atom. The van der Waals surface area contributed by atoms with E-state index in [0.29, 0.717) is 10.2 Å². The lowest BCUT2D eigenvalue weighted by Gasteiger charge is -2.15. The third-order valence-electron chi connectivity index (χ3n) is 4.81. The second-order valence-corrected chi connectivity index (χ2v) is 7.22.